The molecule has 6 heteroatoms. The summed E-state index contributed by atoms with van der Waals surface area (Å²) in [6.45, 7) is 5.96. The van der Waals surface area contributed by atoms with E-state index in [4.69, 9.17) is 0 Å². The Morgan fingerprint density at radius 1 is 1.53 bits per heavy atom. The number of nitrogens with zero attached hydrogens (tertiary/aromatic N) is 2. The highest BCUT2D eigenvalue weighted by Crippen LogP contribution is 2.07. The molecule has 0 fully saturated rings. The van der Waals surface area contributed by atoms with Gasteiger partial charge >= 0.3 is 0 Å². The van der Waals surface area contributed by atoms with E-state index in [1.54, 1.807) is 10.9 Å². The van der Waals surface area contributed by atoms with Crippen LogP contribution in [-0.2, 0) is 16.4 Å². The molecule has 0 spiro atoms. The number of rotatable bonds is 7. The summed E-state index contributed by atoms with van der Waals surface area (Å²) in [5, 5.41) is 7.38. The van der Waals surface area contributed by atoms with Gasteiger partial charge in [-0.15, -0.1) is 0 Å². The Hall–Kier alpha value is -0.880. The average Bonchev–Trinajstić information content (AvgIpc) is 2.66. The van der Waals surface area contributed by atoms with Gasteiger partial charge in [0.1, 0.15) is 4.90 Å². The van der Waals surface area contributed by atoms with Crippen LogP contribution in [0.15, 0.2) is 17.3 Å². The molecule has 0 amide bonds. The zero-order chi connectivity index (χ0) is 12.9. The standard InChI is InChI=1S/C11H21N3O2S/c1-4-12-10(2)6-5-7-14-9-11(8-13-14)17(3,15)16/h8-10,12H,4-7H2,1-3H3. The van der Waals surface area contributed by atoms with E-state index in [9.17, 15) is 8.42 Å². The van der Waals surface area contributed by atoms with Crippen molar-refractivity contribution < 1.29 is 8.42 Å². The molecule has 1 aromatic rings. The van der Waals surface area contributed by atoms with Crippen molar-refractivity contribution in [2.45, 2.75) is 44.2 Å². The lowest BCUT2D eigenvalue weighted by Gasteiger charge is -2.11. The largest absolute Gasteiger partial charge is 0.315 e. The minimum Gasteiger partial charge on any atom is -0.315 e. The maximum absolute atomic E-state index is 11.3. The minimum atomic E-state index is -3.13. The number of aryl methyl sites for hydroxylation is 1. The molecule has 17 heavy (non-hydrogen) atoms. The molecule has 1 N–H and O–H groups in total. The van der Waals surface area contributed by atoms with E-state index in [0.717, 1.165) is 25.9 Å². The Bertz CT molecular complexity index is 439. The van der Waals surface area contributed by atoms with Gasteiger partial charge in [-0.3, -0.25) is 4.68 Å². The Labute approximate surface area is 103 Å². The molecule has 0 aliphatic carbocycles. The van der Waals surface area contributed by atoms with Crippen LogP contribution in [0.2, 0.25) is 0 Å². The third-order valence-electron chi connectivity index (χ3n) is 2.61. The maximum atomic E-state index is 11.3. The summed E-state index contributed by atoms with van der Waals surface area (Å²) in [6, 6.07) is 0.491. The van der Waals surface area contributed by atoms with Crippen LogP contribution in [-0.4, -0.2) is 37.0 Å². The normalized spacial score (nSPS) is 13.8. The van der Waals surface area contributed by atoms with E-state index in [2.05, 4.69) is 24.3 Å². The van der Waals surface area contributed by atoms with E-state index < -0.39 is 9.84 Å². The fraction of sp³-hybridized carbons (Fsp3) is 0.727. The van der Waals surface area contributed by atoms with Crippen molar-refractivity contribution in [2.24, 2.45) is 0 Å². The summed E-state index contributed by atoms with van der Waals surface area (Å²) in [4.78, 5) is 0.289. The predicted molar refractivity (Wildman–Crippen MR) is 67.7 cm³/mol. The van der Waals surface area contributed by atoms with Gasteiger partial charge in [0, 0.05) is 25.0 Å². The SMILES string of the molecule is CCNC(C)CCCn1cc(S(C)(=O)=O)cn1. The Morgan fingerprint density at radius 2 is 2.24 bits per heavy atom. The highest BCUT2D eigenvalue weighted by atomic mass is 32.2. The molecule has 0 aromatic carbocycles. The number of aromatic nitrogens is 2. The van der Waals surface area contributed by atoms with Crippen LogP contribution in [0.1, 0.15) is 26.7 Å². The molecule has 1 aromatic heterocycles. The molecule has 98 valence electrons. The average molecular weight is 259 g/mol. The van der Waals surface area contributed by atoms with Gasteiger partial charge in [-0.05, 0) is 26.3 Å². The number of hydrogen-bond donors (Lipinski definition) is 1. The van der Waals surface area contributed by atoms with Gasteiger partial charge in [0.2, 0.25) is 0 Å². The van der Waals surface area contributed by atoms with Crippen molar-refractivity contribution in [1.29, 1.82) is 0 Å². The van der Waals surface area contributed by atoms with Crippen LogP contribution >= 0.6 is 0 Å². The first kappa shape index (κ1) is 14.2. The summed E-state index contributed by atoms with van der Waals surface area (Å²) >= 11 is 0. The first-order chi connectivity index (χ1) is 7.93. The summed E-state index contributed by atoms with van der Waals surface area (Å²) < 4.78 is 24.2. The number of sulfone groups is 1. The van der Waals surface area contributed by atoms with Crippen LogP contribution in [0.5, 0.6) is 0 Å². The van der Waals surface area contributed by atoms with Gasteiger partial charge in [0.25, 0.3) is 0 Å². The molecule has 1 unspecified atom stereocenters. The lowest BCUT2D eigenvalue weighted by molar-refractivity contribution is 0.471. The second kappa shape index (κ2) is 6.16. The molecular weight excluding hydrogens is 238 g/mol. The van der Waals surface area contributed by atoms with E-state index >= 15 is 0 Å². The molecule has 0 aliphatic rings. The fourth-order valence-corrected chi connectivity index (χ4v) is 2.22. The highest BCUT2D eigenvalue weighted by Gasteiger charge is 2.09. The second-order valence-electron chi connectivity index (χ2n) is 4.31. The minimum absolute atomic E-state index is 0.289. The quantitative estimate of drug-likeness (QED) is 0.795. The molecule has 0 saturated carbocycles. The number of hydrogen-bond acceptors (Lipinski definition) is 4. The van der Waals surface area contributed by atoms with Gasteiger partial charge in [0.15, 0.2) is 9.84 Å². The second-order valence-corrected chi connectivity index (χ2v) is 6.33. The summed E-state index contributed by atoms with van der Waals surface area (Å²) in [7, 11) is -3.13. The number of nitrogens with one attached hydrogen (secondary N) is 1. The van der Waals surface area contributed by atoms with Crippen LogP contribution in [0, 0.1) is 0 Å². The van der Waals surface area contributed by atoms with Crippen molar-refractivity contribution >= 4 is 9.84 Å². The highest BCUT2D eigenvalue weighted by molar-refractivity contribution is 7.90. The topological polar surface area (TPSA) is 64.0 Å². The molecule has 0 saturated heterocycles. The predicted octanol–water partition coefficient (Wildman–Crippen LogP) is 1.06. The zero-order valence-corrected chi connectivity index (χ0v) is 11.5. The first-order valence-electron chi connectivity index (χ1n) is 5.89. The molecule has 5 nitrogen and oxygen atoms in total. The fourth-order valence-electron chi connectivity index (χ4n) is 1.67. The molecule has 1 atom stereocenters. The van der Waals surface area contributed by atoms with Gasteiger partial charge in [-0.2, -0.15) is 5.10 Å². The lowest BCUT2D eigenvalue weighted by atomic mass is 10.2. The van der Waals surface area contributed by atoms with E-state index in [-0.39, 0.29) is 4.90 Å². The van der Waals surface area contributed by atoms with Crippen molar-refractivity contribution in [3.8, 4) is 0 Å². The van der Waals surface area contributed by atoms with Gasteiger partial charge in [0.05, 0.1) is 6.20 Å². The van der Waals surface area contributed by atoms with Crippen LogP contribution in [0.25, 0.3) is 0 Å². The third kappa shape index (κ3) is 4.87. The van der Waals surface area contributed by atoms with Gasteiger partial charge < -0.3 is 5.32 Å². The lowest BCUT2D eigenvalue weighted by Crippen LogP contribution is -2.25. The maximum Gasteiger partial charge on any atom is 0.178 e. The monoisotopic (exact) mass is 259 g/mol. The van der Waals surface area contributed by atoms with Gasteiger partial charge in [-0.1, -0.05) is 6.92 Å². The summed E-state index contributed by atoms with van der Waals surface area (Å²) in [5.41, 5.74) is 0. The summed E-state index contributed by atoms with van der Waals surface area (Å²) in [5.74, 6) is 0. The van der Waals surface area contributed by atoms with Crippen molar-refractivity contribution in [1.82, 2.24) is 15.1 Å². The van der Waals surface area contributed by atoms with Crippen LogP contribution in [0.3, 0.4) is 0 Å². The zero-order valence-electron chi connectivity index (χ0n) is 10.7. The van der Waals surface area contributed by atoms with Crippen molar-refractivity contribution in [3.05, 3.63) is 12.4 Å². The van der Waals surface area contributed by atoms with E-state index in [1.807, 2.05) is 0 Å². The van der Waals surface area contributed by atoms with Crippen LogP contribution in [0.4, 0.5) is 0 Å². The Balaban J connectivity index is 2.41. The smallest absolute Gasteiger partial charge is 0.178 e. The molecule has 0 bridgehead atoms. The van der Waals surface area contributed by atoms with Gasteiger partial charge in [-0.25, -0.2) is 8.42 Å². The molecular formula is C11H21N3O2S. The molecule has 0 aliphatic heterocycles. The Morgan fingerprint density at radius 3 is 2.76 bits per heavy atom. The summed E-state index contributed by atoms with van der Waals surface area (Å²) in [6.07, 6.45) is 6.23. The first-order valence-corrected chi connectivity index (χ1v) is 7.78. The molecule has 1 rings (SSSR count). The molecule has 1 heterocycles. The van der Waals surface area contributed by atoms with Crippen LogP contribution < -0.4 is 5.32 Å². The van der Waals surface area contributed by atoms with E-state index in [1.165, 1.54) is 12.5 Å². The molecule has 0 radical (unpaired) electrons. The Kier molecular flexibility index (Phi) is 5.14. The van der Waals surface area contributed by atoms with E-state index in [0.29, 0.717) is 6.04 Å². The third-order valence-corrected chi connectivity index (χ3v) is 3.68. The van der Waals surface area contributed by atoms with Crippen molar-refractivity contribution in [2.75, 3.05) is 12.8 Å². The van der Waals surface area contributed by atoms with Crippen molar-refractivity contribution in [3.63, 3.8) is 0 Å².